The molecule has 0 saturated carbocycles. The van der Waals surface area contributed by atoms with Crippen LogP contribution in [0.4, 0.5) is 20.6 Å². The van der Waals surface area contributed by atoms with Crippen molar-refractivity contribution in [2.75, 3.05) is 24.3 Å². The average Bonchev–Trinajstić information content (AvgIpc) is 3.25. The number of rotatable bonds is 3. The zero-order chi connectivity index (χ0) is 22.9. The first-order chi connectivity index (χ1) is 16.0. The topological polar surface area (TPSA) is 40.5 Å². The van der Waals surface area contributed by atoms with Gasteiger partial charge in [0.05, 0.1) is 18.3 Å². The number of hydrogen-bond acceptors (Lipinski definition) is 2. The molecule has 0 fully saturated rings. The molecule has 5 rings (SSSR count). The number of nitrogens with zero attached hydrogens (tertiary/aromatic N) is 3. The maximum atomic E-state index is 13.6. The van der Waals surface area contributed by atoms with Crippen LogP contribution in [0.15, 0.2) is 91.1 Å². The van der Waals surface area contributed by atoms with Crippen LogP contribution in [-0.4, -0.2) is 29.6 Å². The number of carbonyl (C=O) groups excluding carboxylic acids is 1. The summed E-state index contributed by atoms with van der Waals surface area (Å²) in [5.41, 5.74) is 5.78. The van der Waals surface area contributed by atoms with E-state index in [1.165, 1.54) is 12.1 Å². The van der Waals surface area contributed by atoms with E-state index in [2.05, 4.69) is 57.2 Å². The molecule has 3 aromatic carbocycles. The fourth-order valence-corrected chi connectivity index (χ4v) is 4.37. The number of aromatic nitrogens is 1. The Kier molecular flexibility index (Phi) is 5.34. The van der Waals surface area contributed by atoms with E-state index in [9.17, 15) is 9.18 Å². The molecule has 2 heterocycles. The van der Waals surface area contributed by atoms with E-state index in [0.29, 0.717) is 12.2 Å². The molecule has 1 aliphatic heterocycles. The van der Waals surface area contributed by atoms with E-state index < -0.39 is 0 Å². The molecule has 166 valence electrons. The van der Waals surface area contributed by atoms with Gasteiger partial charge in [-0.25, -0.2) is 9.18 Å². The molecule has 6 heteroatoms. The zero-order valence-electron chi connectivity index (χ0n) is 18.6. The predicted octanol–water partition coefficient (Wildman–Crippen LogP) is 5.82. The Morgan fingerprint density at radius 2 is 1.67 bits per heavy atom. The van der Waals surface area contributed by atoms with Crippen molar-refractivity contribution >= 4 is 17.4 Å². The molecule has 2 amide bonds. The number of fused-ring (bicyclic) bond motifs is 3. The molecular weight excluding hydrogens is 415 g/mol. The first-order valence-electron chi connectivity index (χ1n) is 10.9. The summed E-state index contributed by atoms with van der Waals surface area (Å²) in [5, 5.41) is 2.95. The summed E-state index contributed by atoms with van der Waals surface area (Å²) in [4.78, 5) is 17.5. The molecule has 4 aromatic rings. The number of urea groups is 1. The van der Waals surface area contributed by atoms with Gasteiger partial charge in [0.15, 0.2) is 0 Å². The third-order valence-corrected chi connectivity index (χ3v) is 6.05. The summed E-state index contributed by atoms with van der Waals surface area (Å²) in [6.45, 7) is 0.435. The number of amides is 2. The number of nitrogens with one attached hydrogen (secondary N) is 1. The summed E-state index contributed by atoms with van der Waals surface area (Å²) < 4.78 is 15.5. The van der Waals surface area contributed by atoms with Crippen molar-refractivity contribution in [2.45, 2.75) is 12.6 Å². The Hall–Kier alpha value is -4.06. The van der Waals surface area contributed by atoms with Crippen molar-refractivity contribution in [3.8, 4) is 5.69 Å². The van der Waals surface area contributed by atoms with Crippen molar-refractivity contribution in [1.29, 1.82) is 0 Å². The van der Waals surface area contributed by atoms with Gasteiger partial charge in [-0.05, 0) is 65.7 Å². The van der Waals surface area contributed by atoms with E-state index in [4.69, 9.17) is 0 Å². The van der Waals surface area contributed by atoms with E-state index >= 15 is 0 Å². The molecule has 0 radical (unpaired) electrons. The highest BCUT2D eigenvalue weighted by molar-refractivity contribution is 5.90. The summed E-state index contributed by atoms with van der Waals surface area (Å²) >= 11 is 0. The normalized spacial score (nSPS) is 14.8. The van der Waals surface area contributed by atoms with Gasteiger partial charge in [-0.1, -0.05) is 30.3 Å². The van der Waals surface area contributed by atoms with E-state index in [-0.39, 0.29) is 17.9 Å². The van der Waals surface area contributed by atoms with Crippen LogP contribution in [0.1, 0.15) is 22.9 Å². The SMILES string of the molecule is CN(C)c1ccc([C@@H]2c3cccn3-c3ccccc3CN2C(=O)Nc2ccc(F)cc2)cc1. The highest BCUT2D eigenvalue weighted by atomic mass is 19.1. The Labute approximate surface area is 192 Å². The molecule has 1 aliphatic rings. The molecule has 0 spiro atoms. The van der Waals surface area contributed by atoms with E-state index in [0.717, 1.165) is 28.2 Å². The van der Waals surface area contributed by atoms with Crippen LogP contribution in [0.25, 0.3) is 5.69 Å². The van der Waals surface area contributed by atoms with Crippen molar-refractivity contribution in [3.63, 3.8) is 0 Å². The third-order valence-electron chi connectivity index (χ3n) is 6.05. The Morgan fingerprint density at radius 1 is 0.939 bits per heavy atom. The Bertz CT molecular complexity index is 1280. The Balaban J connectivity index is 1.61. The lowest BCUT2D eigenvalue weighted by Crippen LogP contribution is -2.37. The fraction of sp³-hybridized carbons (Fsp3) is 0.148. The maximum absolute atomic E-state index is 13.6. The first-order valence-corrected chi connectivity index (χ1v) is 10.9. The lowest BCUT2D eigenvalue weighted by molar-refractivity contribution is 0.194. The van der Waals surface area contributed by atoms with Gasteiger partial charge in [0.1, 0.15) is 5.82 Å². The molecule has 0 aliphatic carbocycles. The summed E-state index contributed by atoms with van der Waals surface area (Å²) in [7, 11) is 4.01. The van der Waals surface area contributed by atoms with Gasteiger partial charge < -0.3 is 19.7 Å². The van der Waals surface area contributed by atoms with Crippen LogP contribution in [0, 0.1) is 5.82 Å². The lowest BCUT2D eigenvalue weighted by atomic mass is 10.0. The van der Waals surface area contributed by atoms with Gasteiger partial charge in [-0.3, -0.25) is 0 Å². The minimum atomic E-state index is -0.339. The van der Waals surface area contributed by atoms with Crippen molar-refractivity contribution < 1.29 is 9.18 Å². The molecular formula is C27H25FN4O. The molecule has 1 N–H and O–H groups in total. The smallest absolute Gasteiger partial charge is 0.322 e. The minimum Gasteiger partial charge on any atom is -0.378 e. The molecule has 0 unspecified atom stereocenters. The standard InChI is InChI=1S/C27H25FN4O/c1-30(2)23-15-9-19(10-16-23)26-25-8-5-17-31(25)24-7-4-3-6-20(24)18-32(26)27(33)29-22-13-11-21(28)12-14-22/h3-17,26H,18H2,1-2H3,(H,29,33)/t26-/m1/s1. The van der Waals surface area contributed by atoms with Crippen LogP contribution >= 0.6 is 0 Å². The number of anilines is 2. The highest BCUT2D eigenvalue weighted by Crippen LogP contribution is 2.37. The van der Waals surface area contributed by atoms with Gasteiger partial charge in [-0.15, -0.1) is 0 Å². The van der Waals surface area contributed by atoms with Gasteiger partial charge in [-0.2, -0.15) is 0 Å². The lowest BCUT2D eigenvalue weighted by Gasteiger charge is -2.31. The quantitative estimate of drug-likeness (QED) is 0.436. The molecule has 5 nitrogen and oxygen atoms in total. The maximum Gasteiger partial charge on any atom is 0.322 e. The molecule has 0 bridgehead atoms. The van der Waals surface area contributed by atoms with Crippen molar-refractivity contribution in [1.82, 2.24) is 9.47 Å². The first kappa shape index (κ1) is 20.8. The zero-order valence-corrected chi connectivity index (χ0v) is 18.6. The van der Waals surface area contributed by atoms with Crippen LogP contribution in [-0.2, 0) is 6.54 Å². The monoisotopic (exact) mass is 440 g/mol. The summed E-state index contributed by atoms with van der Waals surface area (Å²) in [5.74, 6) is -0.339. The molecule has 1 atom stereocenters. The number of benzene rings is 3. The Morgan fingerprint density at radius 3 is 2.39 bits per heavy atom. The summed E-state index contributed by atoms with van der Waals surface area (Å²) in [6.07, 6.45) is 2.04. The fourth-order valence-electron chi connectivity index (χ4n) is 4.37. The van der Waals surface area contributed by atoms with Gasteiger partial charge >= 0.3 is 6.03 Å². The predicted molar refractivity (Wildman–Crippen MR) is 129 cm³/mol. The second-order valence-electron chi connectivity index (χ2n) is 8.39. The van der Waals surface area contributed by atoms with Gasteiger partial charge in [0, 0.05) is 37.4 Å². The van der Waals surface area contributed by atoms with E-state index in [1.807, 2.05) is 43.4 Å². The van der Waals surface area contributed by atoms with Crippen LogP contribution < -0.4 is 10.2 Å². The average molecular weight is 441 g/mol. The minimum absolute atomic E-state index is 0.243. The third kappa shape index (κ3) is 3.96. The van der Waals surface area contributed by atoms with Crippen LogP contribution in [0.5, 0.6) is 0 Å². The molecule has 1 aromatic heterocycles. The summed E-state index contributed by atoms with van der Waals surface area (Å²) in [6, 6.07) is 25.8. The van der Waals surface area contributed by atoms with Crippen LogP contribution in [0.2, 0.25) is 0 Å². The number of carbonyl (C=O) groups is 1. The highest BCUT2D eigenvalue weighted by Gasteiger charge is 2.33. The van der Waals surface area contributed by atoms with E-state index in [1.54, 1.807) is 12.1 Å². The second-order valence-corrected chi connectivity index (χ2v) is 8.39. The molecule has 33 heavy (non-hydrogen) atoms. The second kappa shape index (κ2) is 8.47. The van der Waals surface area contributed by atoms with Crippen molar-refractivity contribution in [2.24, 2.45) is 0 Å². The van der Waals surface area contributed by atoms with Gasteiger partial charge in [0.25, 0.3) is 0 Å². The molecule has 0 saturated heterocycles. The van der Waals surface area contributed by atoms with Crippen molar-refractivity contribution in [3.05, 3.63) is 114 Å². The van der Waals surface area contributed by atoms with Gasteiger partial charge in [0.2, 0.25) is 0 Å². The number of hydrogen-bond donors (Lipinski definition) is 1. The number of para-hydroxylation sites is 1. The largest absolute Gasteiger partial charge is 0.378 e. The van der Waals surface area contributed by atoms with Crippen LogP contribution in [0.3, 0.4) is 0 Å². The number of halogens is 1.